The van der Waals surface area contributed by atoms with Gasteiger partial charge in [0.05, 0.1) is 16.2 Å². The maximum absolute atomic E-state index is 12.8. The molecule has 1 saturated heterocycles. The van der Waals surface area contributed by atoms with Crippen LogP contribution in [0, 0.1) is 5.92 Å². The Morgan fingerprint density at radius 1 is 1.10 bits per heavy atom. The fourth-order valence-electron chi connectivity index (χ4n) is 3.91. The molecule has 0 bridgehead atoms. The zero-order valence-corrected chi connectivity index (χ0v) is 18.0. The number of nitrogens with zero attached hydrogens (tertiary/aromatic N) is 1. The van der Waals surface area contributed by atoms with Gasteiger partial charge in [0, 0.05) is 19.6 Å². The van der Waals surface area contributed by atoms with Gasteiger partial charge in [0.2, 0.25) is 0 Å². The van der Waals surface area contributed by atoms with Gasteiger partial charge in [-0.25, -0.2) is 8.42 Å². The van der Waals surface area contributed by atoms with Crippen molar-refractivity contribution in [1.29, 1.82) is 0 Å². The molecule has 1 N–H and O–H groups in total. The van der Waals surface area contributed by atoms with Crippen LogP contribution in [-0.4, -0.2) is 38.1 Å². The third-order valence-electron chi connectivity index (χ3n) is 5.54. The lowest BCUT2D eigenvalue weighted by molar-refractivity contribution is 0.0947. The van der Waals surface area contributed by atoms with Crippen molar-refractivity contribution in [1.82, 2.24) is 10.2 Å². The van der Waals surface area contributed by atoms with Crippen molar-refractivity contribution in [2.45, 2.75) is 44.7 Å². The quantitative estimate of drug-likeness (QED) is 0.751. The van der Waals surface area contributed by atoms with E-state index in [9.17, 15) is 13.2 Å². The van der Waals surface area contributed by atoms with Gasteiger partial charge in [-0.05, 0) is 48.6 Å². The molecule has 0 spiro atoms. The van der Waals surface area contributed by atoms with Crippen LogP contribution in [0.1, 0.15) is 48.2 Å². The van der Waals surface area contributed by atoms with Crippen LogP contribution >= 0.6 is 0 Å². The number of carbonyl (C=O) groups is 1. The first-order valence-corrected chi connectivity index (χ1v) is 11.9. The Kier molecular flexibility index (Phi) is 7.09. The van der Waals surface area contributed by atoms with E-state index >= 15 is 0 Å². The first-order chi connectivity index (χ1) is 13.9. The molecule has 1 aliphatic rings. The van der Waals surface area contributed by atoms with E-state index in [1.807, 2.05) is 18.2 Å². The van der Waals surface area contributed by atoms with Crippen LogP contribution in [0.15, 0.2) is 53.4 Å². The maximum atomic E-state index is 12.8. The average Bonchev–Trinajstić information content (AvgIpc) is 2.73. The monoisotopic (exact) mass is 414 g/mol. The molecule has 6 heteroatoms. The highest BCUT2D eigenvalue weighted by molar-refractivity contribution is 7.91. The number of carbonyl (C=O) groups excluding carboxylic acids is 1. The summed E-state index contributed by atoms with van der Waals surface area (Å²) in [4.78, 5) is 15.3. The summed E-state index contributed by atoms with van der Waals surface area (Å²) in [5.41, 5.74) is 2.47. The summed E-state index contributed by atoms with van der Waals surface area (Å²) in [6, 6.07) is 14.5. The van der Waals surface area contributed by atoms with E-state index in [4.69, 9.17) is 0 Å². The van der Waals surface area contributed by atoms with Gasteiger partial charge in [0.25, 0.3) is 5.91 Å². The molecule has 1 heterocycles. The topological polar surface area (TPSA) is 66.5 Å². The molecular formula is C23H30N2O3S. The minimum absolute atomic E-state index is 0.0333. The van der Waals surface area contributed by atoms with E-state index < -0.39 is 9.84 Å². The normalized spacial score (nSPS) is 17.8. The number of nitrogens with one attached hydrogen (secondary N) is 1. The van der Waals surface area contributed by atoms with Crippen molar-refractivity contribution < 1.29 is 13.2 Å². The smallest absolute Gasteiger partial charge is 0.252 e. The number of hydrogen-bond donors (Lipinski definition) is 1. The molecule has 29 heavy (non-hydrogen) atoms. The number of sulfone groups is 1. The van der Waals surface area contributed by atoms with Gasteiger partial charge >= 0.3 is 0 Å². The van der Waals surface area contributed by atoms with Crippen molar-refractivity contribution in [3.05, 3.63) is 65.2 Å². The third-order valence-corrected chi connectivity index (χ3v) is 7.33. The highest BCUT2D eigenvalue weighted by Gasteiger charge is 2.21. The first kappa shape index (κ1) is 21.5. The Morgan fingerprint density at radius 3 is 2.52 bits per heavy atom. The predicted octanol–water partition coefficient (Wildman–Crippen LogP) is 3.64. The van der Waals surface area contributed by atoms with Crippen LogP contribution in [0.5, 0.6) is 0 Å². The predicted molar refractivity (Wildman–Crippen MR) is 115 cm³/mol. The molecule has 1 amide bonds. The molecule has 0 aromatic heterocycles. The summed E-state index contributed by atoms with van der Waals surface area (Å²) in [6.07, 6.45) is 2.51. The Hall–Kier alpha value is -2.18. The van der Waals surface area contributed by atoms with Crippen molar-refractivity contribution in [2.75, 3.05) is 18.8 Å². The SMILES string of the molecule is CCS(=O)(=O)c1ccccc1C(=O)NCc1ccccc1CN1CCCC(C)C1. The lowest BCUT2D eigenvalue weighted by Crippen LogP contribution is -2.34. The minimum atomic E-state index is -3.46. The van der Waals surface area contributed by atoms with Gasteiger partial charge < -0.3 is 5.32 Å². The average molecular weight is 415 g/mol. The standard InChI is InChI=1S/C23H30N2O3S/c1-3-29(27,28)22-13-7-6-12-21(22)23(26)24-15-19-10-4-5-11-20(19)17-25-14-8-9-18(2)16-25/h4-7,10-13,18H,3,8-9,14-17H2,1-2H3,(H,24,26). The molecular weight excluding hydrogens is 384 g/mol. The van der Waals surface area contributed by atoms with E-state index in [1.165, 1.54) is 24.5 Å². The Morgan fingerprint density at radius 2 is 1.79 bits per heavy atom. The largest absolute Gasteiger partial charge is 0.348 e. The van der Waals surface area contributed by atoms with E-state index in [2.05, 4.69) is 23.2 Å². The molecule has 1 atom stereocenters. The number of piperidine rings is 1. The molecule has 156 valence electrons. The van der Waals surface area contributed by atoms with E-state index in [1.54, 1.807) is 25.1 Å². The Labute approximate surface area is 174 Å². The fourth-order valence-corrected chi connectivity index (χ4v) is 5.00. The summed E-state index contributed by atoms with van der Waals surface area (Å²) in [5.74, 6) is 0.320. The van der Waals surface area contributed by atoms with Gasteiger partial charge in [-0.3, -0.25) is 9.69 Å². The molecule has 1 aliphatic heterocycles. The lowest BCUT2D eigenvalue weighted by atomic mass is 9.99. The molecule has 3 rings (SSSR count). The summed E-state index contributed by atoms with van der Waals surface area (Å²) < 4.78 is 24.6. The fraction of sp³-hybridized carbons (Fsp3) is 0.435. The molecule has 2 aromatic carbocycles. The third kappa shape index (κ3) is 5.46. The van der Waals surface area contributed by atoms with Gasteiger partial charge in [-0.15, -0.1) is 0 Å². The highest BCUT2D eigenvalue weighted by Crippen LogP contribution is 2.20. The number of benzene rings is 2. The molecule has 1 fully saturated rings. The van der Waals surface area contributed by atoms with Crippen LogP contribution in [-0.2, 0) is 22.9 Å². The zero-order valence-electron chi connectivity index (χ0n) is 17.2. The van der Waals surface area contributed by atoms with E-state index in [0.717, 1.165) is 25.2 Å². The summed E-state index contributed by atoms with van der Waals surface area (Å²) in [6.45, 7) is 7.33. The number of rotatable bonds is 7. The molecule has 1 unspecified atom stereocenters. The molecule has 0 saturated carbocycles. The van der Waals surface area contributed by atoms with Crippen molar-refractivity contribution >= 4 is 15.7 Å². The van der Waals surface area contributed by atoms with Gasteiger partial charge in [0.1, 0.15) is 0 Å². The second-order valence-corrected chi connectivity index (χ2v) is 10.1. The summed E-state index contributed by atoms with van der Waals surface area (Å²) in [5, 5.41) is 2.92. The molecule has 0 radical (unpaired) electrons. The van der Waals surface area contributed by atoms with E-state index in [-0.39, 0.29) is 22.1 Å². The Balaban J connectivity index is 1.72. The number of hydrogen-bond acceptors (Lipinski definition) is 4. The first-order valence-electron chi connectivity index (χ1n) is 10.3. The lowest BCUT2D eigenvalue weighted by Gasteiger charge is -2.31. The van der Waals surface area contributed by atoms with Crippen LogP contribution in [0.3, 0.4) is 0 Å². The van der Waals surface area contributed by atoms with Crippen molar-refractivity contribution in [2.24, 2.45) is 5.92 Å². The summed E-state index contributed by atoms with van der Waals surface area (Å²) >= 11 is 0. The molecule has 5 nitrogen and oxygen atoms in total. The van der Waals surface area contributed by atoms with Crippen LogP contribution in [0.4, 0.5) is 0 Å². The number of likely N-dealkylation sites (tertiary alicyclic amines) is 1. The summed E-state index contributed by atoms with van der Waals surface area (Å²) in [7, 11) is -3.46. The van der Waals surface area contributed by atoms with E-state index in [0.29, 0.717) is 12.5 Å². The molecule has 0 aliphatic carbocycles. The van der Waals surface area contributed by atoms with Gasteiger partial charge in [-0.2, -0.15) is 0 Å². The maximum Gasteiger partial charge on any atom is 0.252 e. The highest BCUT2D eigenvalue weighted by atomic mass is 32.2. The van der Waals surface area contributed by atoms with Crippen LogP contribution in [0.25, 0.3) is 0 Å². The van der Waals surface area contributed by atoms with Crippen LogP contribution in [0.2, 0.25) is 0 Å². The number of amides is 1. The van der Waals surface area contributed by atoms with Gasteiger partial charge in [-0.1, -0.05) is 50.2 Å². The minimum Gasteiger partial charge on any atom is -0.348 e. The second kappa shape index (κ2) is 9.55. The second-order valence-electron chi connectivity index (χ2n) is 7.83. The van der Waals surface area contributed by atoms with Gasteiger partial charge in [0.15, 0.2) is 9.84 Å². The van der Waals surface area contributed by atoms with Crippen molar-refractivity contribution in [3.8, 4) is 0 Å². The Bertz CT molecular complexity index is 956. The zero-order chi connectivity index (χ0) is 20.9. The van der Waals surface area contributed by atoms with Crippen LogP contribution < -0.4 is 5.32 Å². The molecule has 2 aromatic rings. The van der Waals surface area contributed by atoms with Crippen molar-refractivity contribution in [3.63, 3.8) is 0 Å².